The SMILES string of the molecule is [AsH2]C1(c2cc(Br)cs2)CCC(C2OC=CO2)CC1. The molecule has 0 saturated heterocycles. The molecule has 0 spiro atoms. The molecule has 0 aromatic carbocycles. The summed E-state index contributed by atoms with van der Waals surface area (Å²) in [4.78, 5) is 1.53. The fourth-order valence-electron chi connectivity index (χ4n) is 2.72. The van der Waals surface area contributed by atoms with E-state index in [0.717, 1.165) is 0 Å². The normalized spacial score (nSPS) is 32.2. The molecule has 18 heavy (non-hydrogen) atoms. The van der Waals surface area contributed by atoms with Gasteiger partial charge in [-0.2, -0.15) is 0 Å². The van der Waals surface area contributed by atoms with Gasteiger partial charge in [0.2, 0.25) is 0 Å². The van der Waals surface area contributed by atoms with Crippen molar-refractivity contribution in [3.05, 3.63) is 33.3 Å². The zero-order valence-corrected chi connectivity index (χ0v) is 14.8. The second-order valence-electron chi connectivity index (χ2n) is 5.04. The number of hydrogen-bond donors (Lipinski definition) is 0. The van der Waals surface area contributed by atoms with Crippen molar-refractivity contribution in [1.29, 1.82) is 0 Å². The molecule has 1 fully saturated rings. The average molecular weight is 391 g/mol. The van der Waals surface area contributed by atoms with Crippen molar-refractivity contribution in [3.63, 3.8) is 0 Å². The Labute approximate surface area is 128 Å². The van der Waals surface area contributed by atoms with E-state index in [4.69, 9.17) is 9.47 Å². The Hall–Kier alpha value is 0.0784. The van der Waals surface area contributed by atoms with Gasteiger partial charge in [0.1, 0.15) is 0 Å². The number of thiophene rings is 1. The van der Waals surface area contributed by atoms with Gasteiger partial charge in [-0.05, 0) is 0 Å². The first kappa shape index (κ1) is 13.1. The molecule has 1 unspecified atom stereocenters. The molecule has 98 valence electrons. The molecule has 1 saturated carbocycles. The molecule has 0 bridgehead atoms. The van der Waals surface area contributed by atoms with Crippen molar-refractivity contribution < 1.29 is 9.47 Å². The third kappa shape index (κ3) is 2.52. The fourth-order valence-corrected chi connectivity index (χ4v) is 5.63. The summed E-state index contributed by atoms with van der Waals surface area (Å²) in [5.74, 6) is 0.548. The van der Waals surface area contributed by atoms with Gasteiger partial charge in [0.15, 0.2) is 0 Å². The molecule has 3 rings (SSSR count). The molecule has 0 radical (unpaired) electrons. The molecule has 1 aliphatic heterocycles. The van der Waals surface area contributed by atoms with Gasteiger partial charge in [0.05, 0.1) is 0 Å². The minimum absolute atomic E-state index is 0.0304. The topological polar surface area (TPSA) is 18.5 Å². The molecule has 1 aromatic rings. The van der Waals surface area contributed by atoms with Crippen LogP contribution >= 0.6 is 27.3 Å². The van der Waals surface area contributed by atoms with E-state index in [-0.39, 0.29) is 6.29 Å². The van der Waals surface area contributed by atoms with E-state index in [0.29, 0.717) is 10.1 Å². The van der Waals surface area contributed by atoms with Crippen LogP contribution in [0.1, 0.15) is 30.6 Å². The summed E-state index contributed by atoms with van der Waals surface area (Å²) in [6.07, 6.45) is 8.18. The van der Waals surface area contributed by atoms with Crippen molar-refractivity contribution in [3.8, 4) is 0 Å². The Morgan fingerprint density at radius 1 is 1.28 bits per heavy atom. The third-order valence-electron chi connectivity index (χ3n) is 3.85. The van der Waals surface area contributed by atoms with Crippen molar-refractivity contribution >= 4 is 44.1 Å². The zero-order chi connectivity index (χ0) is 12.6. The monoisotopic (exact) mass is 390 g/mol. The second kappa shape index (κ2) is 5.22. The number of rotatable bonds is 2. The summed E-state index contributed by atoms with van der Waals surface area (Å²) in [5.41, 5.74) is 0. The number of halogens is 1. The van der Waals surface area contributed by atoms with Crippen LogP contribution in [0.2, 0.25) is 0 Å². The maximum absolute atomic E-state index is 5.47. The predicted molar refractivity (Wildman–Crippen MR) is 79.3 cm³/mol. The first-order valence-electron chi connectivity index (χ1n) is 6.17. The molecule has 0 N–H and O–H groups in total. The van der Waals surface area contributed by atoms with E-state index >= 15 is 0 Å². The van der Waals surface area contributed by atoms with Gasteiger partial charge in [0.25, 0.3) is 0 Å². The molecule has 1 aliphatic carbocycles. The first-order chi connectivity index (χ1) is 8.67. The van der Waals surface area contributed by atoms with Crippen LogP contribution in [-0.2, 0) is 13.7 Å². The van der Waals surface area contributed by atoms with E-state index in [1.165, 1.54) is 35.0 Å². The first-order valence-corrected chi connectivity index (χ1v) is 9.05. The van der Waals surface area contributed by atoms with E-state index < -0.39 is 0 Å². The Bertz CT molecular complexity index is 444. The number of ether oxygens (including phenoxy) is 2. The fraction of sp³-hybridized carbons (Fsp3) is 0.538. The minimum atomic E-state index is -0.0304. The van der Waals surface area contributed by atoms with Crippen LogP contribution in [0.25, 0.3) is 0 Å². The predicted octanol–water partition coefficient (Wildman–Crippen LogP) is 3.37. The van der Waals surface area contributed by atoms with Crippen LogP contribution in [0.5, 0.6) is 0 Å². The van der Waals surface area contributed by atoms with E-state index in [2.05, 4.69) is 27.4 Å². The summed E-state index contributed by atoms with van der Waals surface area (Å²) in [6.45, 7) is 0. The third-order valence-corrected chi connectivity index (χ3v) is 8.06. The molecule has 2 aliphatic rings. The molecule has 0 amide bonds. The Morgan fingerprint density at radius 2 is 1.94 bits per heavy atom. The van der Waals surface area contributed by atoms with E-state index in [1.54, 1.807) is 12.5 Å². The van der Waals surface area contributed by atoms with Crippen LogP contribution in [0.15, 0.2) is 28.4 Å². The van der Waals surface area contributed by atoms with Gasteiger partial charge in [-0.1, -0.05) is 0 Å². The van der Waals surface area contributed by atoms with Gasteiger partial charge in [-0.25, -0.2) is 0 Å². The van der Waals surface area contributed by atoms with Gasteiger partial charge >= 0.3 is 129 Å². The van der Waals surface area contributed by atoms with Gasteiger partial charge < -0.3 is 0 Å². The Balaban J connectivity index is 1.65. The summed E-state index contributed by atoms with van der Waals surface area (Å²) >= 11 is 7.30. The molecule has 5 heteroatoms. The van der Waals surface area contributed by atoms with Gasteiger partial charge in [-0.3, -0.25) is 0 Å². The Kier molecular flexibility index (Phi) is 3.79. The van der Waals surface area contributed by atoms with E-state index in [1.807, 2.05) is 28.2 Å². The molecule has 1 atom stereocenters. The van der Waals surface area contributed by atoms with Crippen molar-refractivity contribution in [2.45, 2.75) is 36.2 Å². The zero-order valence-electron chi connectivity index (χ0n) is 9.97. The van der Waals surface area contributed by atoms with Crippen molar-refractivity contribution in [2.75, 3.05) is 0 Å². The summed E-state index contributed by atoms with van der Waals surface area (Å²) in [6, 6.07) is 2.29. The summed E-state index contributed by atoms with van der Waals surface area (Å²) in [5, 5.41) is 2.19. The second-order valence-corrected chi connectivity index (χ2v) is 9.18. The molecular formula is C13H16AsBrO2S. The van der Waals surface area contributed by atoms with Crippen LogP contribution < -0.4 is 0 Å². The molecule has 2 heterocycles. The van der Waals surface area contributed by atoms with E-state index in [9.17, 15) is 0 Å². The summed E-state index contributed by atoms with van der Waals surface area (Å²) < 4.78 is 12.5. The van der Waals surface area contributed by atoms with Crippen molar-refractivity contribution in [2.24, 2.45) is 5.92 Å². The summed E-state index contributed by atoms with van der Waals surface area (Å²) in [7, 11) is 0. The van der Waals surface area contributed by atoms with Gasteiger partial charge in [0, 0.05) is 0 Å². The number of hydrogen-bond acceptors (Lipinski definition) is 3. The molecule has 2 nitrogen and oxygen atoms in total. The molecule has 1 aromatic heterocycles. The standard InChI is InChI=1S/C13H16AsBrO2S/c14-13(11-7-10(15)8-18-11)3-1-9(2-4-13)12-16-5-6-17-12/h5-9,12H,1-4,14H2. The van der Waals surface area contributed by atoms with Crippen LogP contribution in [-0.4, -0.2) is 23.1 Å². The van der Waals surface area contributed by atoms with Crippen LogP contribution in [0, 0.1) is 5.92 Å². The van der Waals surface area contributed by atoms with Gasteiger partial charge in [-0.15, -0.1) is 0 Å². The molecular weight excluding hydrogens is 375 g/mol. The maximum atomic E-state index is 5.47. The van der Waals surface area contributed by atoms with Crippen LogP contribution in [0.3, 0.4) is 0 Å². The van der Waals surface area contributed by atoms with Crippen LogP contribution in [0.4, 0.5) is 0 Å². The van der Waals surface area contributed by atoms with Crippen molar-refractivity contribution in [1.82, 2.24) is 0 Å². The Morgan fingerprint density at radius 3 is 2.50 bits per heavy atom. The quantitative estimate of drug-likeness (QED) is 0.720. The average Bonchev–Trinajstić information content (AvgIpc) is 3.01.